The number of amides is 1. The number of hydrogen-bond donors (Lipinski definition) is 1. The average Bonchev–Trinajstić information content (AvgIpc) is 2.53. The van der Waals surface area contributed by atoms with E-state index in [4.69, 9.17) is 14.2 Å². The average molecular weight is 336 g/mol. The molecule has 1 aromatic rings. The third-order valence-corrected chi connectivity index (χ3v) is 3.92. The Hall–Kier alpha value is -1.95. The second kappa shape index (κ2) is 7.75. The lowest BCUT2D eigenvalue weighted by molar-refractivity contribution is 0.0121. The van der Waals surface area contributed by atoms with Gasteiger partial charge in [0.05, 0.1) is 20.3 Å². The number of hydrogen-bond acceptors (Lipinski definition) is 5. The van der Waals surface area contributed by atoms with E-state index < -0.39 is 5.60 Å². The maximum absolute atomic E-state index is 12.5. The summed E-state index contributed by atoms with van der Waals surface area (Å²) in [5.74, 6) is 1.57. The minimum absolute atomic E-state index is 0.00889. The standard InChI is InChI=1S/C18H28N2O4/c1-18(2,3)24-17(21)20-9-8-19-12-14(20)10-13-11-15(22-4)6-7-16(13)23-5/h6-7,11,14,19H,8-10,12H2,1-5H3/t14-/m1/s1. The number of carbonyl (C=O) groups is 1. The van der Waals surface area contributed by atoms with E-state index in [0.717, 1.165) is 30.2 Å². The number of ether oxygens (including phenoxy) is 3. The summed E-state index contributed by atoms with van der Waals surface area (Å²) in [5.41, 5.74) is 0.513. The molecule has 24 heavy (non-hydrogen) atoms. The van der Waals surface area contributed by atoms with Gasteiger partial charge in [-0.15, -0.1) is 0 Å². The van der Waals surface area contributed by atoms with Crippen LogP contribution in [0.3, 0.4) is 0 Å². The summed E-state index contributed by atoms with van der Waals surface area (Å²) in [6, 6.07) is 5.73. The van der Waals surface area contributed by atoms with E-state index in [1.165, 1.54) is 0 Å². The highest BCUT2D eigenvalue weighted by Crippen LogP contribution is 2.27. The molecule has 6 nitrogen and oxygen atoms in total. The van der Waals surface area contributed by atoms with Gasteiger partial charge in [0.25, 0.3) is 0 Å². The topological polar surface area (TPSA) is 60.0 Å². The van der Waals surface area contributed by atoms with E-state index in [9.17, 15) is 4.79 Å². The summed E-state index contributed by atoms with van der Waals surface area (Å²) in [6.07, 6.45) is 0.406. The first-order chi connectivity index (χ1) is 11.3. The van der Waals surface area contributed by atoms with Gasteiger partial charge in [-0.05, 0) is 51.0 Å². The molecule has 0 aromatic heterocycles. The molecule has 0 aliphatic carbocycles. The van der Waals surface area contributed by atoms with Crippen molar-refractivity contribution in [3.63, 3.8) is 0 Å². The molecule has 6 heteroatoms. The lowest BCUT2D eigenvalue weighted by Gasteiger charge is -2.37. The zero-order chi connectivity index (χ0) is 17.7. The Balaban J connectivity index is 2.18. The Bertz CT molecular complexity index is 569. The van der Waals surface area contributed by atoms with Crippen LogP contribution >= 0.6 is 0 Å². The minimum Gasteiger partial charge on any atom is -0.497 e. The van der Waals surface area contributed by atoms with Crippen molar-refractivity contribution in [3.8, 4) is 11.5 Å². The Morgan fingerprint density at radius 1 is 1.29 bits per heavy atom. The van der Waals surface area contributed by atoms with Crippen LogP contribution in [-0.2, 0) is 11.2 Å². The van der Waals surface area contributed by atoms with Crippen molar-refractivity contribution in [1.29, 1.82) is 0 Å². The lowest BCUT2D eigenvalue weighted by atomic mass is 10.0. The van der Waals surface area contributed by atoms with Crippen LogP contribution in [0, 0.1) is 0 Å². The summed E-state index contributed by atoms with van der Waals surface area (Å²) >= 11 is 0. The minimum atomic E-state index is -0.500. The Labute approximate surface area is 144 Å². The summed E-state index contributed by atoms with van der Waals surface area (Å²) in [5, 5.41) is 3.35. The maximum Gasteiger partial charge on any atom is 0.410 e. The molecule has 0 unspecified atom stereocenters. The molecule has 1 aliphatic heterocycles. The number of nitrogens with zero attached hydrogens (tertiary/aromatic N) is 1. The van der Waals surface area contributed by atoms with E-state index in [-0.39, 0.29) is 12.1 Å². The molecular formula is C18H28N2O4. The van der Waals surface area contributed by atoms with Crippen molar-refractivity contribution in [2.45, 2.75) is 38.8 Å². The second-order valence-electron chi connectivity index (χ2n) is 6.91. The number of nitrogens with one attached hydrogen (secondary N) is 1. The number of piperazine rings is 1. The molecular weight excluding hydrogens is 308 g/mol. The van der Waals surface area contributed by atoms with Crippen LogP contribution in [0.1, 0.15) is 26.3 Å². The fourth-order valence-electron chi connectivity index (χ4n) is 2.80. The predicted octanol–water partition coefficient (Wildman–Crippen LogP) is 2.46. The Morgan fingerprint density at radius 3 is 2.67 bits per heavy atom. The van der Waals surface area contributed by atoms with Crippen molar-refractivity contribution < 1.29 is 19.0 Å². The Morgan fingerprint density at radius 2 is 2.04 bits per heavy atom. The summed E-state index contributed by atoms with van der Waals surface area (Å²) in [7, 11) is 3.29. The smallest absolute Gasteiger partial charge is 0.410 e. The van der Waals surface area contributed by atoms with Crippen LogP contribution in [0.5, 0.6) is 11.5 Å². The zero-order valence-electron chi connectivity index (χ0n) is 15.2. The fraction of sp³-hybridized carbons (Fsp3) is 0.611. The lowest BCUT2D eigenvalue weighted by Crippen LogP contribution is -2.55. The van der Waals surface area contributed by atoms with E-state index in [1.807, 2.05) is 39.0 Å². The molecule has 2 rings (SSSR count). The van der Waals surface area contributed by atoms with Crippen LogP contribution < -0.4 is 14.8 Å². The molecule has 1 N–H and O–H groups in total. The van der Waals surface area contributed by atoms with Crippen molar-refractivity contribution in [3.05, 3.63) is 23.8 Å². The highest BCUT2D eigenvalue weighted by atomic mass is 16.6. The van der Waals surface area contributed by atoms with Gasteiger partial charge < -0.3 is 24.4 Å². The molecule has 1 aliphatic rings. The Kier molecular flexibility index (Phi) is 5.94. The van der Waals surface area contributed by atoms with Crippen LogP contribution in [-0.4, -0.2) is 56.5 Å². The summed E-state index contributed by atoms with van der Waals surface area (Å²) < 4.78 is 16.3. The van der Waals surface area contributed by atoms with Crippen LogP contribution in [0.2, 0.25) is 0 Å². The predicted molar refractivity (Wildman–Crippen MR) is 92.8 cm³/mol. The summed E-state index contributed by atoms with van der Waals surface area (Å²) in [4.78, 5) is 14.3. The van der Waals surface area contributed by atoms with Crippen LogP contribution in [0.4, 0.5) is 4.79 Å². The quantitative estimate of drug-likeness (QED) is 0.915. The third kappa shape index (κ3) is 4.77. The van der Waals surface area contributed by atoms with Crippen molar-refractivity contribution in [1.82, 2.24) is 10.2 Å². The fourth-order valence-corrected chi connectivity index (χ4v) is 2.80. The molecule has 1 fully saturated rings. The van der Waals surface area contributed by atoms with E-state index in [2.05, 4.69) is 5.32 Å². The molecule has 1 amide bonds. The largest absolute Gasteiger partial charge is 0.497 e. The van der Waals surface area contributed by atoms with Gasteiger partial charge in [0.1, 0.15) is 17.1 Å². The van der Waals surface area contributed by atoms with Crippen molar-refractivity contribution in [2.75, 3.05) is 33.9 Å². The SMILES string of the molecule is COc1ccc(OC)c(C[C@@H]2CNCCN2C(=O)OC(C)(C)C)c1. The molecule has 134 valence electrons. The molecule has 1 aromatic carbocycles. The van der Waals surface area contributed by atoms with E-state index in [0.29, 0.717) is 13.0 Å². The molecule has 0 radical (unpaired) electrons. The van der Waals surface area contributed by atoms with Gasteiger partial charge in [-0.25, -0.2) is 4.79 Å². The second-order valence-corrected chi connectivity index (χ2v) is 6.91. The van der Waals surface area contributed by atoms with E-state index >= 15 is 0 Å². The van der Waals surface area contributed by atoms with Gasteiger partial charge in [-0.1, -0.05) is 0 Å². The highest BCUT2D eigenvalue weighted by Gasteiger charge is 2.31. The van der Waals surface area contributed by atoms with Gasteiger partial charge in [0.2, 0.25) is 0 Å². The van der Waals surface area contributed by atoms with E-state index in [1.54, 1.807) is 19.1 Å². The van der Waals surface area contributed by atoms with Crippen molar-refractivity contribution >= 4 is 6.09 Å². The summed E-state index contributed by atoms with van der Waals surface area (Å²) in [6.45, 7) is 7.77. The number of benzene rings is 1. The van der Waals surface area contributed by atoms with Crippen LogP contribution in [0.15, 0.2) is 18.2 Å². The number of carbonyl (C=O) groups excluding carboxylic acids is 1. The normalized spacial score (nSPS) is 18.2. The molecule has 1 atom stereocenters. The highest BCUT2D eigenvalue weighted by molar-refractivity contribution is 5.69. The number of rotatable bonds is 4. The third-order valence-electron chi connectivity index (χ3n) is 3.92. The zero-order valence-corrected chi connectivity index (χ0v) is 15.2. The first-order valence-corrected chi connectivity index (χ1v) is 8.25. The van der Waals surface area contributed by atoms with Gasteiger partial charge in [0, 0.05) is 19.6 Å². The molecule has 0 saturated carbocycles. The van der Waals surface area contributed by atoms with Crippen molar-refractivity contribution in [2.24, 2.45) is 0 Å². The van der Waals surface area contributed by atoms with Gasteiger partial charge in [-0.2, -0.15) is 0 Å². The van der Waals surface area contributed by atoms with Gasteiger partial charge >= 0.3 is 6.09 Å². The first kappa shape index (κ1) is 18.4. The molecule has 0 spiro atoms. The molecule has 1 saturated heterocycles. The molecule has 0 bridgehead atoms. The first-order valence-electron chi connectivity index (χ1n) is 8.25. The number of methoxy groups -OCH3 is 2. The monoisotopic (exact) mass is 336 g/mol. The maximum atomic E-state index is 12.5. The van der Waals surface area contributed by atoms with Gasteiger partial charge in [0.15, 0.2) is 0 Å². The van der Waals surface area contributed by atoms with Crippen LogP contribution in [0.25, 0.3) is 0 Å². The molecule has 1 heterocycles. The van der Waals surface area contributed by atoms with Gasteiger partial charge in [-0.3, -0.25) is 0 Å².